The Labute approximate surface area is 103 Å². The Morgan fingerprint density at radius 3 is 2.65 bits per heavy atom. The van der Waals surface area contributed by atoms with Crippen molar-refractivity contribution in [1.82, 2.24) is 10.6 Å². The van der Waals surface area contributed by atoms with Crippen molar-refractivity contribution in [1.29, 1.82) is 0 Å². The molecular formula is C13H24N2O2. The number of amides is 1. The van der Waals surface area contributed by atoms with Crippen molar-refractivity contribution in [3.63, 3.8) is 0 Å². The van der Waals surface area contributed by atoms with Crippen molar-refractivity contribution in [3.05, 3.63) is 0 Å². The lowest BCUT2D eigenvalue weighted by Gasteiger charge is -2.50. The van der Waals surface area contributed by atoms with E-state index in [0.717, 1.165) is 25.9 Å². The second-order valence-electron chi connectivity index (χ2n) is 6.53. The van der Waals surface area contributed by atoms with Crippen LogP contribution in [0.25, 0.3) is 0 Å². The second kappa shape index (κ2) is 4.48. The van der Waals surface area contributed by atoms with Crippen LogP contribution < -0.4 is 10.6 Å². The van der Waals surface area contributed by atoms with Gasteiger partial charge in [-0.1, -0.05) is 0 Å². The van der Waals surface area contributed by atoms with Crippen molar-refractivity contribution in [2.75, 3.05) is 13.1 Å². The smallest absolute Gasteiger partial charge is 0.407 e. The lowest BCUT2D eigenvalue weighted by molar-refractivity contribution is 0.0235. The van der Waals surface area contributed by atoms with Crippen LogP contribution >= 0.6 is 0 Å². The van der Waals surface area contributed by atoms with Crippen LogP contribution in [-0.4, -0.2) is 30.8 Å². The van der Waals surface area contributed by atoms with E-state index in [1.807, 2.05) is 20.8 Å². The van der Waals surface area contributed by atoms with Crippen LogP contribution in [0.1, 0.15) is 46.5 Å². The monoisotopic (exact) mass is 240 g/mol. The van der Waals surface area contributed by atoms with Gasteiger partial charge >= 0.3 is 6.09 Å². The van der Waals surface area contributed by atoms with E-state index in [2.05, 4.69) is 10.6 Å². The number of ether oxygens (including phenoxy) is 1. The fourth-order valence-electron chi connectivity index (χ4n) is 2.94. The van der Waals surface area contributed by atoms with E-state index in [0.29, 0.717) is 11.5 Å². The quantitative estimate of drug-likeness (QED) is 0.737. The number of carbonyl (C=O) groups is 1. The molecule has 0 aromatic rings. The van der Waals surface area contributed by atoms with Gasteiger partial charge in [0.25, 0.3) is 0 Å². The molecule has 1 amide bonds. The van der Waals surface area contributed by atoms with E-state index in [1.54, 1.807) is 0 Å². The molecule has 98 valence electrons. The lowest BCUT2D eigenvalue weighted by atomic mass is 9.62. The molecule has 1 heterocycles. The zero-order chi connectivity index (χ0) is 12.5. The molecule has 0 radical (unpaired) electrons. The summed E-state index contributed by atoms with van der Waals surface area (Å²) in [4.78, 5) is 11.6. The highest BCUT2D eigenvalue weighted by Gasteiger charge is 2.45. The van der Waals surface area contributed by atoms with Gasteiger partial charge in [0, 0.05) is 12.6 Å². The van der Waals surface area contributed by atoms with Gasteiger partial charge in [0.1, 0.15) is 5.60 Å². The maximum absolute atomic E-state index is 11.6. The molecule has 1 saturated carbocycles. The third-order valence-corrected chi connectivity index (χ3v) is 3.64. The van der Waals surface area contributed by atoms with Gasteiger partial charge in [0.15, 0.2) is 0 Å². The van der Waals surface area contributed by atoms with Gasteiger partial charge in [-0.15, -0.1) is 0 Å². The largest absolute Gasteiger partial charge is 0.444 e. The van der Waals surface area contributed by atoms with Crippen LogP contribution in [0.15, 0.2) is 0 Å². The predicted octanol–water partition coefficient (Wildman–Crippen LogP) is 2.04. The maximum Gasteiger partial charge on any atom is 0.407 e. The lowest BCUT2D eigenvalue weighted by Crippen LogP contribution is -2.56. The van der Waals surface area contributed by atoms with E-state index >= 15 is 0 Å². The number of piperidine rings is 1. The molecule has 2 rings (SSSR count). The maximum atomic E-state index is 11.6. The molecule has 0 unspecified atom stereocenters. The summed E-state index contributed by atoms with van der Waals surface area (Å²) in [5.74, 6) is 0. The number of hydrogen-bond donors (Lipinski definition) is 2. The van der Waals surface area contributed by atoms with Gasteiger partial charge in [-0.2, -0.15) is 0 Å². The van der Waals surface area contributed by atoms with Crippen molar-refractivity contribution < 1.29 is 9.53 Å². The minimum atomic E-state index is -0.405. The summed E-state index contributed by atoms with van der Waals surface area (Å²) in [6, 6.07) is 0.310. The topological polar surface area (TPSA) is 50.4 Å². The molecule has 0 aromatic carbocycles. The molecule has 0 atom stereocenters. The molecule has 2 fully saturated rings. The van der Waals surface area contributed by atoms with E-state index < -0.39 is 5.60 Å². The number of hydrogen-bond acceptors (Lipinski definition) is 3. The Bertz CT molecular complexity index is 282. The summed E-state index contributed by atoms with van der Waals surface area (Å²) in [5, 5.41) is 6.40. The molecule has 1 aliphatic heterocycles. The Balaban J connectivity index is 1.71. The van der Waals surface area contributed by atoms with E-state index in [1.165, 1.54) is 12.8 Å². The molecule has 1 saturated heterocycles. The predicted molar refractivity (Wildman–Crippen MR) is 66.9 cm³/mol. The number of nitrogens with one attached hydrogen (secondary N) is 2. The molecule has 4 nitrogen and oxygen atoms in total. The van der Waals surface area contributed by atoms with E-state index in [-0.39, 0.29) is 6.09 Å². The van der Waals surface area contributed by atoms with Gasteiger partial charge in [0.05, 0.1) is 0 Å². The summed E-state index contributed by atoms with van der Waals surface area (Å²) >= 11 is 0. The molecule has 2 aliphatic rings. The molecule has 17 heavy (non-hydrogen) atoms. The summed E-state index contributed by atoms with van der Waals surface area (Å²) in [7, 11) is 0. The van der Waals surface area contributed by atoms with Crippen molar-refractivity contribution in [3.8, 4) is 0 Å². The van der Waals surface area contributed by atoms with Crippen LogP contribution in [0.2, 0.25) is 0 Å². The van der Waals surface area contributed by atoms with Crippen LogP contribution in [0.5, 0.6) is 0 Å². The highest BCUT2D eigenvalue weighted by molar-refractivity contribution is 5.68. The molecule has 0 bridgehead atoms. The SMILES string of the molecule is CC(C)(C)OC(=O)NC1CC2(CCCNC2)C1. The zero-order valence-electron chi connectivity index (χ0n) is 11.1. The summed E-state index contributed by atoms with van der Waals surface area (Å²) < 4.78 is 5.25. The number of carbonyl (C=O) groups excluding carboxylic acids is 1. The standard InChI is InChI=1S/C13H24N2O2/c1-12(2,3)17-11(16)15-10-7-13(8-10)5-4-6-14-9-13/h10,14H,4-9H2,1-3H3,(H,15,16). The second-order valence-corrected chi connectivity index (χ2v) is 6.53. The average Bonchev–Trinajstić information content (AvgIpc) is 2.13. The normalized spacial score (nSPS) is 33.0. The minimum Gasteiger partial charge on any atom is -0.444 e. The summed E-state index contributed by atoms with van der Waals surface area (Å²) in [5.41, 5.74) is 0.0514. The van der Waals surface area contributed by atoms with E-state index in [4.69, 9.17) is 4.74 Å². The average molecular weight is 240 g/mol. The summed E-state index contributed by atoms with van der Waals surface area (Å²) in [6.45, 7) is 7.92. The van der Waals surface area contributed by atoms with Crippen molar-refractivity contribution in [2.45, 2.75) is 58.1 Å². The Morgan fingerprint density at radius 1 is 1.41 bits per heavy atom. The van der Waals surface area contributed by atoms with Crippen molar-refractivity contribution in [2.24, 2.45) is 5.41 Å². The molecule has 2 N–H and O–H groups in total. The van der Waals surface area contributed by atoms with Crippen LogP contribution in [-0.2, 0) is 4.74 Å². The summed E-state index contributed by atoms with van der Waals surface area (Å²) in [6.07, 6.45) is 4.48. The first kappa shape index (κ1) is 12.7. The van der Waals surface area contributed by atoms with Gasteiger partial charge < -0.3 is 15.4 Å². The van der Waals surface area contributed by atoms with Crippen LogP contribution in [0, 0.1) is 5.41 Å². The Kier molecular flexibility index (Phi) is 3.34. The highest BCUT2D eigenvalue weighted by atomic mass is 16.6. The van der Waals surface area contributed by atoms with Crippen molar-refractivity contribution >= 4 is 6.09 Å². The Hall–Kier alpha value is -0.770. The fourth-order valence-corrected chi connectivity index (χ4v) is 2.94. The molecule has 1 aliphatic carbocycles. The van der Waals surface area contributed by atoms with Gasteiger partial charge in [-0.3, -0.25) is 0 Å². The van der Waals surface area contributed by atoms with Gasteiger partial charge in [-0.05, 0) is 58.4 Å². The van der Waals surface area contributed by atoms with Gasteiger partial charge in [-0.25, -0.2) is 4.79 Å². The molecule has 1 spiro atoms. The number of alkyl carbamates (subject to hydrolysis) is 1. The van der Waals surface area contributed by atoms with Crippen LogP contribution in [0.4, 0.5) is 4.79 Å². The first-order valence-electron chi connectivity index (χ1n) is 6.59. The van der Waals surface area contributed by atoms with Crippen LogP contribution in [0.3, 0.4) is 0 Å². The third kappa shape index (κ3) is 3.35. The highest BCUT2D eigenvalue weighted by Crippen LogP contribution is 2.45. The fraction of sp³-hybridized carbons (Fsp3) is 0.923. The molecular weight excluding hydrogens is 216 g/mol. The van der Waals surface area contributed by atoms with Gasteiger partial charge in [0.2, 0.25) is 0 Å². The molecule has 0 aromatic heterocycles. The Morgan fingerprint density at radius 2 is 2.12 bits per heavy atom. The first-order valence-corrected chi connectivity index (χ1v) is 6.59. The first-order chi connectivity index (χ1) is 7.89. The molecule has 4 heteroatoms. The van der Waals surface area contributed by atoms with E-state index in [9.17, 15) is 4.79 Å². The zero-order valence-corrected chi connectivity index (χ0v) is 11.1. The minimum absolute atomic E-state index is 0.277. The number of rotatable bonds is 1. The third-order valence-electron chi connectivity index (χ3n) is 3.64.